The van der Waals surface area contributed by atoms with Crippen LogP contribution in [0.2, 0.25) is 0 Å². The van der Waals surface area contributed by atoms with Crippen molar-refractivity contribution in [3.63, 3.8) is 0 Å². The molecule has 0 aliphatic carbocycles. The second-order valence-corrected chi connectivity index (χ2v) is 9.30. The Morgan fingerprint density at radius 1 is 0.722 bits per heavy atom. The Balaban J connectivity index is 1.33. The molecule has 3 aromatic rings. The van der Waals surface area contributed by atoms with E-state index < -0.39 is 6.10 Å². The highest BCUT2D eigenvalue weighted by Crippen LogP contribution is 2.30. The van der Waals surface area contributed by atoms with Crippen molar-refractivity contribution in [1.82, 2.24) is 4.90 Å². The summed E-state index contributed by atoms with van der Waals surface area (Å²) < 4.78 is 25.4. The van der Waals surface area contributed by atoms with Crippen molar-refractivity contribution in [2.75, 3.05) is 19.8 Å². The molecule has 0 saturated carbocycles. The van der Waals surface area contributed by atoms with Crippen LogP contribution >= 0.6 is 0 Å². The highest BCUT2D eigenvalue weighted by Gasteiger charge is 2.47. The molecule has 0 spiro atoms. The molecule has 2 fully saturated rings. The van der Waals surface area contributed by atoms with Crippen LogP contribution < -0.4 is 0 Å². The number of likely N-dealkylation sites (tertiary alicyclic amines) is 1. The second-order valence-electron chi connectivity index (χ2n) is 9.30. The van der Waals surface area contributed by atoms with Crippen molar-refractivity contribution in [3.8, 4) is 0 Å². The van der Waals surface area contributed by atoms with E-state index >= 15 is 0 Å². The third-order valence-corrected chi connectivity index (χ3v) is 6.80. The van der Waals surface area contributed by atoms with Gasteiger partial charge < -0.3 is 23.8 Å². The molecule has 0 radical (unpaired) electrons. The molecule has 2 aliphatic rings. The summed E-state index contributed by atoms with van der Waals surface area (Å²) in [6.07, 6.45) is -0.471. The molecular weight excluding hydrogens is 454 g/mol. The van der Waals surface area contributed by atoms with Gasteiger partial charge in [0.2, 0.25) is 5.91 Å². The van der Waals surface area contributed by atoms with Crippen molar-refractivity contribution in [3.05, 3.63) is 108 Å². The number of carbonyl (C=O) groups is 1. The summed E-state index contributed by atoms with van der Waals surface area (Å²) in [6, 6.07) is 30.1. The third kappa shape index (κ3) is 6.20. The summed E-state index contributed by atoms with van der Waals surface area (Å²) in [5.41, 5.74) is 3.26. The molecule has 0 bridgehead atoms. The van der Waals surface area contributed by atoms with Crippen molar-refractivity contribution in [1.29, 1.82) is 0 Å². The number of nitrogens with zero attached hydrogens (tertiary/aromatic N) is 1. The predicted molar refractivity (Wildman–Crippen MR) is 136 cm³/mol. The van der Waals surface area contributed by atoms with Gasteiger partial charge in [-0.2, -0.15) is 0 Å². The van der Waals surface area contributed by atoms with Crippen LogP contribution in [0.25, 0.3) is 0 Å². The van der Waals surface area contributed by atoms with Crippen LogP contribution in [0.4, 0.5) is 0 Å². The van der Waals surface area contributed by atoms with E-state index in [-0.39, 0.29) is 24.2 Å². The Morgan fingerprint density at radius 2 is 1.25 bits per heavy atom. The lowest BCUT2D eigenvalue weighted by molar-refractivity contribution is -0.227. The minimum Gasteiger partial charge on any atom is -0.374 e. The minimum absolute atomic E-state index is 0.137. The van der Waals surface area contributed by atoms with Crippen LogP contribution in [-0.2, 0) is 43.6 Å². The van der Waals surface area contributed by atoms with Gasteiger partial charge in [-0.1, -0.05) is 91.0 Å². The van der Waals surface area contributed by atoms with E-state index in [9.17, 15) is 4.79 Å². The smallest absolute Gasteiger partial charge is 0.224 e. The van der Waals surface area contributed by atoms with Gasteiger partial charge in [-0.05, 0) is 16.7 Å². The van der Waals surface area contributed by atoms with Gasteiger partial charge in [-0.25, -0.2) is 0 Å². The highest BCUT2D eigenvalue weighted by atomic mass is 16.6. The van der Waals surface area contributed by atoms with Gasteiger partial charge in [0.25, 0.3) is 0 Å². The molecule has 2 heterocycles. The monoisotopic (exact) mass is 487 g/mol. The Hall–Kier alpha value is -3.03. The largest absolute Gasteiger partial charge is 0.374 e. The molecule has 4 atom stereocenters. The number of carbonyl (C=O) groups excluding carboxylic acids is 1. The Kier molecular flexibility index (Phi) is 8.41. The molecule has 6 heteroatoms. The lowest BCUT2D eigenvalue weighted by Crippen LogP contribution is -2.65. The highest BCUT2D eigenvalue weighted by molar-refractivity contribution is 5.82. The summed E-state index contributed by atoms with van der Waals surface area (Å²) in [5.74, 6) is 0.137. The number of rotatable bonds is 11. The fourth-order valence-corrected chi connectivity index (χ4v) is 4.74. The summed E-state index contributed by atoms with van der Waals surface area (Å²) in [5, 5.41) is 0. The zero-order chi connectivity index (χ0) is 24.6. The number of benzene rings is 3. The fourth-order valence-electron chi connectivity index (χ4n) is 4.74. The first-order valence-electron chi connectivity index (χ1n) is 12.6. The van der Waals surface area contributed by atoms with E-state index in [1.165, 1.54) is 0 Å². The van der Waals surface area contributed by atoms with E-state index in [1.807, 2.05) is 95.9 Å². The molecule has 1 amide bonds. The topological polar surface area (TPSA) is 57.2 Å². The van der Waals surface area contributed by atoms with Gasteiger partial charge in [0, 0.05) is 13.0 Å². The number of hydrogen-bond donors (Lipinski definition) is 0. The Bertz CT molecular complexity index is 1080. The summed E-state index contributed by atoms with van der Waals surface area (Å²) in [4.78, 5) is 14.3. The van der Waals surface area contributed by atoms with Crippen LogP contribution in [0.1, 0.15) is 23.1 Å². The zero-order valence-electron chi connectivity index (χ0n) is 20.4. The normalized spacial score (nSPS) is 23.9. The van der Waals surface area contributed by atoms with Crippen LogP contribution in [-0.4, -0.2) is 54.9 Å². The first kappa shape index (κ1) is 24.7. The zero-order valence-corrected chi connectivity index (χ0v) is 20.4. The van der Waals surface area contributed by atoms with E-state index in [1.54, 1.807) is 0 Å². The van der Waals surface area contributed by atoms with Gasteiger partial charge in [0.1, 0.15) is 18.3 Å². The first-order valence-corrected chi connectivity index (χ1v) is 12.6. The standard InChI is InChI=1S/C30H33NO5/c32-28-16-17-31(28)26-21-34-27(22-33-18-23-10-4-1-5-11-23)30(36-20-25-14-8-3-9-15-25)29(26)35-19-24-12-6-2-7-13-24/h1-15,26-27,29-30H,16-22H2/t26-,27?,29?,30?/m1/s1. The van der Waals surface area contributed by atoms with Crippen molar-refractivity contribution >= 4 is 5.91 Å². The maximum absolute atomic E-state index is 12.4. The van der Waals surface area contributed by atoms with Crippen LogP contribution in [0.3, 0.4) is 0 Å². The number of β-lactam (4-membered cyclic amide) rings is 1. The second kappa shape index (κ2) is 12.3. The van der Waals surface area contributed by atoms with Gasteiger partial charge in [-0.3, -0.25) is 4.79 Å². The molecule has 5 rings (SSSR count). The molecule has 3 unspecified atom stereocenters. The summed E-state index contributed by atoms with van der Waals surface area (Å²) >= 11 is 0. The first-order chi connectivity index (χ1) is 17.8. The lowest BCUT2D eigenvalue weighted by atomic mass is 9.94. The van der Waals surface area contributed by atoms with Crippen LogP contribution in [0, 0.1) is 0 Å². The third-order valence-electron chi connectivity index (χ3n) is 6.80. The van der Waals surface area contributed by atoms with Gasteiger partial charge in [-0.15, -0.1) is 0 Å². The van der Waals surface area contributed by atoms with Gasteiger partial charge >= 0.3 is 0 Å². The number of hydrogen-bond acceptors (Lipinski definition) is 5. The van der Waals surface area contributed by atoms with E-state index in [2.05, 4.69) is 0 Å². The Morgan fingerprint density at radius 3 is 1.75 bits per heavy atom. The minimum atomic E-state index is -0.392. The van der Waals surface area contributed by atoms with Crippen molar-refractivity contribution < 1.29 is 23.7 Å². The molecule has 36 heavy (non-hydrogen) atoms. The van der Waals surface area contributed by atoms with Crippen LogP contribution in [0.5, 0.6) is 0 Å². The molecule has 3 aromatic carbocycles. The maximum atomic E-state index is 12.4. The SMILES string of the molecule is O=C1CCN1[C@@H]1COC(COCc2ccccc2)C(OCc2ccccc2)C1OCc1ccccc1. The van der Waals surface area contributed by atoms with Crippen molar-refractivity contribution in [2.24, 2.45) is 0 Å². The number of ether oxygens (including phenoxy) is 4. The predicted octanol–water partition coefficient (Wildman–Crippen LogP) is 4.37. The van der Waals surface area contributed by atoms with Crippen LogP contribution in [0.15, 0.2) is 91.0 Å². The molecule has 0 aromatic heterocycles. The Labute approximate surface area is 212 Å². The van der Waals surface area contributed by atoms with E-state index in [4.69, 9.17) is 18.9 Å². The molecular formula is C30H33NO5. The molecule has 188 valence electrons. The summed E-state index contributed by atoms with van der Waals surface area (Å²) in [6.45, 7) is 2.85. The molecule has 6 nitrogen and oxygen atoms in total. The van der Waals surface area contributed by atoms with E-state index in [0.29, 0.717) is 39.5 Å². The van der Waals surface area contributed by atoms with E-state index in [0.717, 1.165) is 23.2 Å². The molecule has 0 N–H and O–H groups in total. The number of amides is 1. The average molecular weight is 488 g/mol. The lowest BCUT2D eigenvalue weighted by Gasteiger charge is -2.48. The molecule has 2 aliphatic heterocycles. The maximum Gasteiger partial charge on any atom is 0.224 e. The van der Waals surface area contributed by atoms with Crippen molar-refractivity contribution in [2.45, 2.75) is 50.6 Å². The molecule has 2 saturated heterocycles. The average Bonchev–Trinajstić information content (AvgIpc) is 2.93. The quantitative estimate of drug-likeness (QED) is 0.376. The summed E-state index contributed by atoms with van der Waals surface area (Å²) in [7, 11) is 0. The fraction of sp³-hybridized carbons (Fsp3) is 0.367. The van der Waals surface area contributed by atoms with Gasteiger partial charge in [0.15, 0.2) is 0 Å². The van der Waals surface area contributed by atoms with Gasteiger partial charge in [0.05, 0.1) is 39.1 Å².